The van der Waals surface area contributed by atoms with Crippen LogP contribution in [0.5, 0.6) is 0 Å². The smallest absolute Gasteiger partial charge is 0.252 e. The van der Waals surface area contributed by atoms with Gasteiger partial charge in [0.25, 0.3) is 5.91 Å². The molecule has 7 heteroatoms. The van der Waals surface area contributed by atoms with Crippen LogP contribution in [0.3, 0.4) is 0 Å². The van der Waals surface area contributed by atoms with Gasteiger partial charge < -0.3 is 5.73 Å². The third kappa shape index (κ3) is 1.76. The number of fused-ring (bicyclic) bond motifs is 1. The molecule has 2 rings (SSSR count). The Morgan fingerprint density at radius 2 is 2.11 bits per heavy atom. The molecule has 96 valence electrons. The van der Waals surface area contributed by atoms with Crippen LogP contribution in [0.2, 0.25) is 0 Å². The summed E-state index contributed by atoms with van der Waals surface area (Å²) in [5, 5.41) is 3.34. The van der Waals surface area contributed by atoms with Crippen molar-refractivity contribution in [2.45, 2.75) is 24.0 Å². The molecule has 0 bridgehead atoms. The first-order chi connectivity index (χ1) is 8.35. The van der Waals surface area contributed by atoms with E-state index in [9.17, 15) is 13.2 Å². The zero-order valence-electron chi connectivity index (χ0n) is 9.99. The van der Waals surface area contributed by atoms with Crippen molar-refractivity contribution in [1.82, 2.24) is 9.61 Å². The third-order valence-corrected chi connectivity index (χ3v) is 4.88. The Balaban J connectivity index is 2.88. The first-order valence-electron chi connectivity index (χ1n) is 5.35. The Bertz CT molecular complexity index is 716. The monoisotopic (exact) mass is 267 g/mol. The SMILES string of the molecule is CC(C)S(=O)(=O)c1cccn2ncc(C(N)=O)c12. The topological polar surface area (TPSA) is 94.5 Å². The molecular weight excluding hydrogens is 254 g/mol. The number of aromatic nitrogens is 2. The number of amides is 1. The number of pyridine rings is 1. The lowest BCUT2D eigenvalue weighted by Crippen LogP contribution is -2.17. The quantitative estimate of drug-likeness (QED) is 0.881. The molecule has 0 aliphatic rings. The summed E-state index contributed by atoms with van der Waals surface area (Å²) in [5.74, 6) is -0.698. The molecular formula is C11H13N3O3S. The van der Waals surface area contributed by atoms with Crippen LogP contribution in [0.15, 0.2) is 29.4 Å². The fourth-order valence-corrected chi connectivity index (χ4v) is 2.92. The van der Waals surface area contributed by atoms with Gasteiger partial charge in [0.1, 0.15) is 0 Å². The molecule has 0 unspecified atom stereocenters. The van der Waals surface area contributed by atoms with E-state index in [0.717, 1.165) is 0 Å². The van der Waals surface area contributed by atoms with Crippen molar-refractivity contribution < 1.29 is 13.2 Å². The number of hydrogen-bond acceptors (Lipinski definition) is 4. The summed E-state index contributed by atoms with van der Waals surface area (Å²) < 4.78 is 25.8. The van der Waals surface area contributed by atoms with E-state index < -0.39 is 21.0 Å². The predicted molar refractivity (Wildman–Crippen MR) is 66.0 cm³/mol. The second kappa shape index (κ2) is 4.09. The van der Waals surface area contributed by atoms with Gasteiger partial charge in [0.15, 0.2) is 9.84 Å². The molecule has 0 aromatic carbocycles. The van der Waals surface area contributed by atoms with Gasteiger partial charge in [-0.05, 0) is 26.0 Å². The number of hydrogen-bond donors (Lipinski definition) is 1. The van der Waals surface area contributed by atoms with Crippen molar-refractivity contribution in [3.63, 3.8) is 0 Å². The number of sulfone groups is 1. The summed E-state index contributed by atoms with van der Waals surface area (Å²) in [7, 11) is -3.50. The molecule has 18 heavy (non-hydrogen) atoms. The first kappa shape index (κ1) is 12.6. The van der Waals surface area contributed by atoms with Gasteiger partial charge >= 0.3 is 0 Å². The van der Waals surface area contributed by atoms with Crippen molar-refractivity contribution in [3.8, 4) is 0 Å². The van der Waals surface area contributed by atoms with Gasteiger partial charge in [-0.2, -0.15) is 5.10 Å². The maximum Gasteiger partial charge on any atom is 0.252 e. The van der Waals surface area contributed by atoms with E-state index in [4.69, 9.17) is 5.73 Å². The molecule has 0 saturated carbocycles. The molecule has 2 aromatic rings. The van der Waals surface area contributed by atoms with E-state index in [0.29, 0.717) is 0 Å². The van der Waals surface area contributed by atoms with Crippen LogP contribution < -0.4 is 5.73 Å². The number of carbonyl (C=O) groups is 1. The number of nitrogens with zero attached hydrogens (tertiary/aromatic N) is 2. The van der Waals surface area contributed by atoms with Gasteiger partial charge in [-0.25, -0.2) is 12.9 Å². The van der Waals surface area contributed by atoms with Gasteiger partial charge in [0, 0.05) is 6.20 Å². The Morgan fingerprint density at radius 3 is 2.67 bits per heavy atom. The van der Waals surface area contributed by atoms with Crippen LogP contribution in [0.4, 0.5) is 0 Å². The highest BCUT2D eigenvalue weighted by Crippen LogP contribution is 2.23. The zero-order chi connectivity index (χ0) is 13.5. The maximum absolute atomic E-state index is 12.2. The van der Waals surface area contributed by atoms with Crippen molar-refractivity contribution in [2.24, 2.45) is 5.73 Å². The van der Waals surface area contributed by atoms with Gasteiger partial charge in [0.05, 0.1) is 27.4 Å². The Labute approximate surface area is 104 Å². The molecule has 0 fully saturated rings. The summed E-state index contributed by atoms with van der Waals surface area (Å²) in [6.07, 6.45) is 2.85. The number of rotatable bonds is 3. The van der Waals surface area contributed by atoms with E-state index in [-0.39, 0.29) is 16.0 Å². The summed E-state index contributed by atoms with van der Waals surface area (Å²) in [6.45, 7) is 3.16. The Morgan fingerprint density at radius 1 is 1.44 bits per heavy atom. The van der Waals surface area contributed by atoms with Crippen molar-refractivity contribution in [1.29, 1.82) is 0 Å². The normalized spacial score (nSPS) is 12.2. The van der Waals surface area contributed by atoms with E-state index >= 15 is 0 Å². The second-order valence-electron chi connectivity index (χ2n) is 4.18. The van der Waals surface area contributed by atoms with Crippen LogP contribution in [0, 0.1) is 0 Å². The second-order valence-corrected chi connectivity index (χ2v) is 6.65. The van der Waals surface area contributed by atoms with Gasteiger partial charge in [-0.3, -0.25) is 4.79 Å². The molecule has 2 heterocycles. The minimum Gasteiger partial charge on any atom is -0.365 e. The van der Waals surface area contributed by atoms with Gasteiger partial charge in [-0.15, -0.1) is 0 Å². The van der Waals surface area contributed by atoms with E-state index in [2.05, 4.69) is 5.10 Å². The molecule has 1 amide bonds. The van der Waals surface area contributed by atoms with Crippen molar-refractivity contribution in [3.05, 3.63) is 30.1 Å². The van der Waals surface area contributed by atoms with E-state index in [1.54, 1.807) is 26.1 Å². The van der Waals surface area contributed by atoms with Crippen LogP contribution in [0.25, 0.3) is 5.52 Å². The van der Waals surface area contributed by atoms with E-state index in [1.807, 2.05) is 0 Å². The number of nitrogens with two attached hydrogens (primary N) is 1. The third-order valence-electron chi connectivity index (χ3n) is 2.70. The number of carbonyl (C=O) groups excluding carboxylic acids is 1. The summed E-state index contributed by atoms with van der Waals surface area (Å²) >= 11 is 0. The average Bonchev–Trinajstić information content (AvgIpc) is 2.71. The minimum atomic E-state index is -3.50. The summed E-state index contributed by atoms with van der Waals surface area (Å²) in [4.78, 5) is 11.4. The van der Waals surface area contributed by atoms with Gasteiger partial charge in [0.2, 0.25) is 0 Å². The molecule has 0 aliphatic heterocycles. The zero-order valence-corrected chi connectivity index (χ0v) is 10.8. The molecule has 0 radical (unpaired) electrons. The lowest BCUT2D eigenvalue weighted by Gasteiger charge is -2.09. The highest BCUT2D eigenvalue weighted by Gasteiger charge is 2.25. The predicted octanol–water partition coefficient (Wildman–Crippen LogP) is 0.615. The fraction of sp³-hybridized carbons (Fsp3) is 0.273. The molecule has 0 saturated heterocycles. The summed E-state index contributed by atoms with van der Waals surface area (Å²) in [5.41, 5.74) is 5.57. The van der Waals surface area contributed by atoms with Crippen molar-refractivity contribution in [2.75, 3.05) is 0 Å². The molecule has 2 aromatic heterocycles. The molecule has 0 spiro atoms. The highest BCUT2D eigenvalue weighted by molar-refractivity contribution is 7.92. The maximum atomic E-state index is 12.2. The first-order valence-corrected chi connectivity index (χ1v) is 6.90. The lowest BCUT2D eigenvalue weighted by atomic mass is 10.2. The average molecular weight is 267 g/mol. The Kier molecular flexibility index (Phi) is 2.86. The summed E-state index contributed by atoms with van der Waals surface area (Å²) in [6, 6.07) is 3.03. The number of primary amides is 1. The minimum absolute atomic E-state index is 0.0753. The van der Waals surface area contributed by atoms with Crippen LogP contribution in [-0.4, -0.2) is 29.2 Å². The van der Waals surface area contributed by atoms with Gasteiger partial charge in [-0.1, -0.05) is 0 Å². The van der Waals surface area contributed by atoms with Crippen LogP contribution in [0.1, 0.15) is 24.2 Å². The molecule has 0 aliphatic carbocycles. The van der Waals surface area contributed by atoms with Crippen LogP contribution >= 0.6 is 0 Å². The Hall–Kier alpha value is -1.89. The van der Waals surface area contributed by atoms with E-state index in [1.165, 1.54) is 16.8 Å². The fourth-order valence-electron chi connectivity index (χ4n) is 1.68. The van der Waals surface area contributed by atoms with Crippen molar-refractivity contribution >= 4 is 21.3 Å². The molecule has 6 nitrogen and oxygen atoms in total. The molecule has 0 atom stereocenters. The largest absolute Gasteiger partial charge is 0.365 e. The molecule has 2 N–H and O–H groups in total. The standard InChI is InChI=1S/C11H13N3O3S/c1-7(2)18(16,17)9-4-3-5-14-10(9)8(6-13-14)11(12)15/h3-7H,1-2H3,(H2,12,15). The lowest BCUT2D eigenvalue weighted by molar-refractivity contribution is 0.100. The highest BCUT2D eigenvalue weighted by atomic mass is 32.2. The van der Waals surface area contributed by atoms with Crippen LogP contribution in [-0.2, 0) is 9.84 Å².